The van der Waals surface area contributed by atoms with E-state index in [2.05, 4.69) is 22.3 Å². The van der Waals surface area contributed by atoms with Crippen LogP contribution in [0.2, 0.25) is 0 Å². The molecule has 1 aliphatic rings. The predicted octanol–water partition coefficient (Wildman–Crippen LogP) is 0.583. The van der Waals surface area contributed by atoms with Crippen LogP contribution in [0.4, 0.5) is 0 Å². The minimum absolute atomic E-state index is 0.621. The van der Waals surface area contributed by atoms with Crippen LogP contribution in [-0.4, -0.2) is 78.2 Å². The minimum Gasteiger partial charge on any atom is -0.382 e. The van der Waals surface area contributed by atoms with Gasteiger partial charge in [0.25, 0.3) is 0 Å². The molecule has 118 valence electrons. The maximum atomic E-state index is 5.42. The first-order chi connectivity index (χ1) is 9.77. The van der Waals surface area contributed by atoms with E-state index in [-0.39, 0.29) is 0 Å². The van der Waals surface area contributed by atoms with E-state index < -0.39 is 0 Å². The summed E-state index contributed by atoms with van der Waals surface area (Å²) in [5, 5.41) is 3.36. The minimum atomic E-state index is 0.621. The van der Waals surface area contributed by atoms with Crippen molar-refractivity contribution in [2.75, 3.05) is 67.3 Å². The highest BCUT2D eigenvalue weighted by Crippen LogP contribution is 2.13. The molecule has 1 saturated heterocycles. The first-order valence-electron chi connectivity index (χ1n) is 7.34. The average molecular weight is 287 g/mol. The summed E-state index contributed by atoms with van der Waals surface area (Å²) < 4.78 is 15.7. The molecule has 1 N–H and O–H groups in total. The van der Waals surface area contributed by atoms with Gasteiger partial charge in [-0.1, -0.05) is 0 Å². The number of rotatable bonds is 9. The molecular weight excluding hydrogens is 258 g/mol. The maximum Gasteiger partial charge on any atom is 0.193 e. The van der Waals surface area contributed by atoms with Crippen LogP contribution >= 0.6 is 0 Å². The van der Waals surface area contributed by atoms with Crippen LogP contribution in [0.15, 0.2) is 4.99 Å². The Hall–Kier alpha value is -0.850. The fourth-order valence-electron chi connectivity index (χ4n) is 2.20. The summed E-state index contributed by atoms with van der Waals surface area (Å²) in [6, 6.07) is 0. The molecule has 1 rings (SSSR count). The molecule has 6 heteroatoms. The standard InChI is InChI=1S/C14H29N3O3/c1-15-14(16-6-4-7-19-10-9-18-3)17(2)11-13-5-8-20-12-13/h13H,4-12H2,1-3H3,(H,15,16). The summed E-state index contributed by atoms with van der Waals surface area (Å²) in [7, 11) is 5.57. The van der Waals surface area contributed by atoms with Crippen molar-refractivity contribution in [3.63, 3.8) is 0 Å². The average Bonchev–Trinajstić information content (AvgIpc) is 2.94. The molecule has 0 radical (unpaired) electrons. The van der Waals surface area contributed by atoms with Crippen LogP contribution in [0, 0.1) is 5.92 Å². The van der Waals surface area contributed by atoms with Gasteiger partial charge in [0.2, 0.25) is 0 Å². The van der Waals surface area contributed by atoms with E-state index in [1.807, 2.05) is 7.05 Å². The second-order valence-electron chi connectivity index (χ2n) is 5.04. The molecule has 1 aliphatic heterocycles. The molecule has 1 fully saturated rings. The van der Waals surface area contributed by atoms with E-state index >= 15 is 0 Å². The van der Waals surface area contributed by atoms with Gasteiger partial charge in [0.15, 0.2) is 5.96 Å². The molecule has 6 nitrogen and oxygen atoms in total. The Labute approximate surface area is 122 Å². The maximum absolute atomic E-state index is 5.42. The van der Waals surface area contributed by atoms with Gasteiger partial charge < -0.3 is 24.4 Å². The van der Waals surface area contributed by atoms with E-state index in [1.165, 1.54) is 0 Å². The van der Waals surface area contributed by atoms with Gasteiger partial charge >= 0.3 is 0 Å². The number of methoxy groups -OCH3 is 1. The van der Waals surface area contributed by atoms with Crippen molar-refractivity contribution in [1.29, 1.82) is 0 Å². The predicted molar refractivity (Wildman–Crippen MR) is 80.2 cm³/mol. The van der Waals surface area contributed by atoms with Gasteiger partial charge in [-0.15, -0.1) is 0 Å². The van der Waals surface area contributed by atoms with Gasteiger partial charge in [0.1, 0.15) is 0 Å². The Morgan fingerprint density at radius 1 is 1.40 bits per heavy atom. The van der Waals surface area contributed by atoms with Crippen molar-refractivity contribution in [2.24, 2.45) is 10.9 Å². The third kappa shape index (κ3) is 7.07. The highest BCUT2D eigenvalue weighted by atomic mass is 16.5. The molecular formula is C14H29N3O3. The molecule has 0 bridgehead atoms. The summed E-state index contributed by atoms with van der Waals surface area (Å²) in [5.41, 5.74) is 0. The quantitative estimate of drug-likeness (QED) is 0.382. The van der Waals surface area contributed by atoms with E-state index in [4.69, 9.17) is 14.2 Å². The smallest absolute Gasteiger partial charge is 0.193 e. The van der Waals surface area contributed by atoms with Gasteiger partial charge in [0.05, 0.1) is 19.8 Å². The molecule has 1 atom stereocenters. The number of nitrogens with zero attached hydrogens (tertiary/aromatic N) is 2. The topological polar surface area (TPSA) is 55.3 Å². The lowest BCUT2D eigenvalue weighted by atomic mass is 10.1. The van der Waals surface area contributed by atoms with Gasteiger partial charge in [-0.2, -0.15) is 0 Å². The Balaban J connectivity index is 2.09. The highest BCUT2D eigenvalue weighted by Gasteiger charge is 2.18. The summed E-state index contributed by atoms with van der Waals surface area (Å²) in [5.74, 6) is 1.56. The number of hydrogen-bond acceptors (Lipinski definition) is 4. The van der Waals surface area contributed by atoms with E-state index in [1.54, 1.807) is 7.11 Å². The molecule has 1 heterocycles. The van der Waals surface area contributed by atoms with Crippen molar-refractivity contribution >= 4 is 5.96 Å². The van der Waals surface area contributed by atoms with Gasteiger partial charge in [-0.25, -0.2) is 0 Å². The van der Waals surface area contributed by atoms with Crippen molar-refractivity contribution < 1.29 is 14.2 Å². The second kappa shape index (κ2) is 10.9. The molecule has 20 heavy (non-hydrogen) atoms. The summed E-state index contributed by atoms with van der Waals surface area (Å²) >= 11 is 0. The van der Waals surface area contributed by atoms with Gasteiger partial charge in [0, 0.05) is 53.4 Å². The normalized spacial score (nSPS) is 19.4. The highest BCUT2D eigenvalue weighted by molar-refractivity contribution is 5.79. The molecule has 0 aromatic heterocycles. The van der Waals surface area contributed by atoms with Gasteiger partial charge in [-0.3, -0.25) is 4.99 Å². The van der Waals surface area contributed by atoms with Crippen molar-refractivity contribution in [3.05, 3.63) is 0 Å². The van der Waals surface area contributed by atoms with Crippen LogP contribution in [0.1, 0.15) is 12.8 Å². The van der Waals surface area contributed by atoms with Crippen LogP contribution in [-0.2, 0) is 14.2 Å². The first kappa shape index (κ1) is 17.2. The first-order valence-corrected chi connectivity index (χ1v) is 7.34. The van der Waals surface area contributed by atoms with Crippen LogP contribution < -0.4 is 5.32 Å². The molecule has 0 amide bonds. The number of aliphatic imine (C=N–C) groups is 1. The van der Waals surface area contributed by atoms with Crippen molar-refractivity contribution in [3.8, 4) is 0 Å². The van der Waals surface area contributed by atoms with Gasteiger partial charge in [-0.05, 0) is 12.8 Å². The second-order valence-corrected chi connectivity index (χ2v) is 5.04. The van der Waals surface area contributed by atoms with Crippen molar-refractivity contribution in [1.82, 2.24) is 10.2 Å². The fraction of sp³-hybridized carbons (Fsp3) is 0.929. The third-order valence-electron chi connectivity index (χ3n) is 3.31. The molecule has 0 aromatic rings. The molecule has 0 spiro atoms. The molecule has 0 aromatic carbocycles. The Bertz CT molecular complexity index is 268. The molecule has 1 unspecified atom stereocenters. The Kier molecular flexibility index (Phi) is 9.36. The zero-order valence-electron chi connectivity index (χ0n) is 13.1. The molecule has 0 saturated carbocycles. The number of hydrogen-bond donors (Lipinski definition) is 1. The zero-order chi connectivity index (χ0) is 14.6. The number of guanidine groups is 1. The lowest BCUT2D eigenvalue weighted by molar-refractivity contribution is 0.0698. The van der Waals surface area contributed by atoms with E-state index in [0.29, 0.717) is 19.1 Å². The summed E-state index contributed by atoms with van der Waals surface area (Å²) in [6.45, 7) is 5.68. The third-order valence-corrected chi connectivity index (χ3v) is 3.31. The SMILES string of the molecule is CN=C(NCCCOCCOC)N(C)CC1CCOC1. The Morgan fingerprint density at radius 3 is 2.90 bits per heavy atom. The fourth-order valence-corrected chi connectivity index (χ4v) is 2.20. The van der Waals surface area contributed by atoms with Crippen LogP contribution in [0.3, 0.4) is 0 Å². The monoisotopic (exact) mass is 287 g/mol. The van der Waals surface area contributed by atoms with Crippen LogP contribution in [0.25, 0.3) is 0 Å². The van der Waals surface area contributed by atoms with Crippen LogP contribution in [0.5, 0.6) is 0 Å². The van der Waals surface area contributed by atoms with E-state index in [9.17, 15) is 0 Å². The lowest BCUT2D eigenvalue weighted by Crippen LogP contribution is -2.42. The lowest BCUT2D eigenvalue weighted by Gasteiger charge is -2.24. The number of ether oxygens (including phenoxy) is 3. The number of nitrogens with one attached hydrogen (secondary N) is 1. The van der Waals surface area contributed by atoms with Crippen molar-refractivity contribution in [2.45, 2.75) is 12.8 Å². The zero-order valence-corrected chi connectivity index (χ0v) is 13.1. The largest absolute Gasteiger partial charge is 0.382 e. The molecule has 0 aliphatic carbocycles. The van der Waals surface area contributed by atoms with E-state index in [0.717, 1.165) is 51.7 Å². The summed E-state index contributed by atoms with van der Waals surface area (Å²) in [4.78, 5) is 6.48. The summed E-state index contributed by atoms with van der Waals surface area (Å²) in [6.07, 6.45) is 2.11. The Morgan fingerprint density at radius 2 is 2.25 bits per heavy atom.